The molecule has 1 aliphatic heterocycles. The molecule has 7 heteroatoms. The summed E-state index contributed by atoms with van der Waals surface area (Å²) in [5.41, 5.74) is 2.27. The van der Waals surface area contributed by atoms with Crippen molar-refractivity contribution in [1.29, 1.82) is 0 Å². The number of aryl methyl sites for hydroxylation is 1. The second kappa shape index (κ2) is 6.98. The first-order valence-corrected chi connectivity index (χ1v) is 9.97. The number of ether oxygens (including phenoxy) is 1. The molecule has 1 aliphatic rings. The molecule has 3 aromatic rings. The van der Waals surface area contributed by atoms with Crippen molar-refractivity contribution in [2.24, 2.45) is 0 Å². The number of aromatic nitrogens is 2. The van der Waals surface area contributed by atoms with Gasteiger partial charge in [-0.1, -0.05) is 11.6 Å². The second-order valence-electron chi connectivity index (χ2n) is 7.20. The van der Waals surface area contributed by atoms with Crippen molar-refractivity contribution in [2.45, 2.75) is 25.8 Å². The number of piperidine rings is 1. The van der Waals surface area contributed by atoms with Crippen LogP contribution >= 0.6 is 11.3 Å². The summed E-state index contributed by atoms with van der Waals surface area (Å²) in [4.78, 5) is 31.8. The van der Waals surface area contributed by atoms with Crippen molar-refractivity contribution < 1.29 is 4.74 Å². The van der Waals surface area contributed by atoms with Gasteiger partial charge in [0.25, 0.3) is 5.56 Å². The van der Waals surface area contributed by atoms with Crippen molar-refractivity contribution in [3.05, 3.63) is 50.0 Å². The van der Waals surface area contributed by atoms with Crippen LogP contribution < -0.4 is 16.0 Å². The van der Waals surface area contributed by atoms with Crippen LogP contribution in [-0.2, 0) is 0 Å². The second-order valence-corrected chi connectivity index (χ2v) is 8.08. The zero-order chi connectivity index (χ0) is 19.1. The van der Waals surface area contributed by atoms with Crippen molar-refractivity contribution in [3.8, 4) is 16.9 Å². The average Bonchev–Trinajstić information content (AvgIpc) is 3.07. The van der Waals surface area contributed by atoms with Crippen molar-refractivity contribution >= 4 is 21.6 Å². The molecule has 0 unspecified atom stereocenters. The lowest BCUT2D eigenvalue weighted by molar-refractivity contribution is 0.216. The number of nitrogens with zero attached hydrogens (tertiary/aromatic N) is 2. The SMILES string of the molecule is COc1ccc(C)cc1-c1csc2[nH]c(=O)n(C3CCN(C)CC3)c(=O)c12. The Kier molecular flexibility index (Phi) is 4.65. The Labute approximate surface area is 161 Å². The van der Waals surface area contributed by atoms with E-state index in [4.69, 9.17) is 4.74 Å². The Morgan fingerprint density at radius 3 is 2.63 bits per heavy atom. The molecule has 3 heterocycles. The van der Waals surface area contributed by atoms with Gasteiger partial charge in [-0.05, 0) is 52.0 Å². The molecule has 0 bridgehead atoms. The number of hydrogen-bond acceptors (Lipinski definition) is 5. The maximum atomic E-state index is 13.4. The summed E-state index contributed by atoms with van der Waals surface area (Å²) in [5, 5.41) is 2.50. The van der Waals surface area contributed by atoms with Crippen molar-refractivity contribution in [1.82, 2.24) is 14.5 Å². The molecule has 4 rings (SSSR count). The number of benzene rings is 1. The van der Waals surface area contributed by atoms with Gasteiger partial charge in [-0.15, -0.1) is 11.3 Å². The number of thiophene rings is 1. The Bertz CT molecular complexity index is 1100. The van der Waals surface area contributed by atoms with Crippen LogP contribution in [0.1, 0.15) is 24.4 Å². The van der Waals surface area contributed by atoms with Gasteiger partial charge in [0.05, 0.1) is 12.5 Å². The molecule has 0 saturated carbocycles. The number of rotatable bonds is 3. The van der Waals surface area contributed by atoms with E-state index in [1.807, 2.05) is 30.5 Å². The van der Waals surface area contributed by atoms with Crippen LogP contribution in [0.2, 0.25) is 0 Å². The Morgan fingerprint density at radius 2 is 1.93 bits per heavy atom. The summed E-state index contributed by atoms with van der Waals surface area (Å²) in [5.74, 6) is 0.719. The van der Waals surface area contributed by atoms with E-state index < -0.39 is 0 Å². The molecule has 1 aromatic carbocycles. The number of nitrogens with one attached hydrogen (secondary N) is 1. The molecule has 0 atom stereocenters. The van der Waals surface area contributed by atoms with E-state index in [1.165, 1.54) is 15.9 Å². The zero-order valence-electron chi connectivity index (χ0n) is 15.7. The summed E-state index contributed by atoms with van der Waals surface area (Å²) >= 11 is 1.39. The molecule has 6 nitrogen and oxygen atoms in total. The average molecular weight is 385 g/mol. The fraction of sp³-hybridized carbons (Fsp3) is 0.400. The summed E-state index contributed by atoms with van der Waals surface area (Å²) in [6.45, 7) is 3.78. The molecular weight excluding hydrogens is 362 g/mol. The topological polar surface area (TPSA) is 67.3 Å². The lowest BCUT2D eigenvalue weighted by Gasteiger charge is -2.29. The summed E-state index contributed by atoms with van der Waals surface area (Å²) in [6, 6.07) is 5.85. The largest absolute Gasteiger partial charge is 0.496 e. The molecule has 2 aromatic heterocycles. The van der Waals surface area contributed by atoms with E-state index in [-0.39, 0.29) is 17.3 Å². The number of methoxy groups -OCH3 is 1. The minimum absolute atomic E-state index is 0.0611. The van der Waals surface area contributed by atoms with Crippen LogP contribution in [-0.4, -0.2) is 41.7 Å². The Morgan fingerprint density at radius 1 is 1.19 bits per heavy atom. The maximum absolute atomic E-state index is 13.4. The normalized spacial score (nSPS) is 16.1. The fourth-order valence-electron chi connectivity index (χ4n) is 3.85. The van der Waals surface area contributed by atoms with E-state index in [1.54, 1.807) is 7.11 Å². The van der Waals surface area contributed by atoms with Crippen LogP contribution in [0.25, 0.3) is 21.3 Å². The molecule has 142 valence electrons. The first-order valence-electron chi connectivity index (χ1n) is 9.09. The number of likely N-dealkylation sites (tertiary alicyclic amines) is 1. The lowest BCUT2D eigenvalue weighted by atomic mass is 10.0. The molecule has 1 fully saturated rings. The molecular formula is C20H23N3O3S. The van der Waals surface area contributed by atoms with Gasteiger partial charge in [0, 0.05) is 22.5 Å². The predicted octanol–water partition coefficient (Wildman–Crippen LogP) is 3.00. The van der Waals surface area contributed by atoms with E-state index in [2.05, 4.69) is 16.9 Å². The van der Waals surface area contributed by atoms with Crippen LogP contribution in [0.5, 0.6) is 5.75 Å². The Balaban J connectivity index is 1.93. The fourth-order valence-corrected chi connectivity index (χ4v) is 4.79. The smallest absolute Gasteiger partial charge is 0.329 e. The minimum Gasteiger partial charge on any atom is -0.496 e. The third kappa shape index (κ3) is 3.11. The monoisotopic (exact) mass is 385 g/mol. The van der Waals surface area contributed by atoms with Gasteiger partial charge in [0.15, 0.2) is 0 Å². The van der Waals surface area contributed by atoms with Crippen molar-refractivity contribution in [3.63, 3.8) is 0 Å². The molecule has 1 saturated heterocycles. The third-order valence-electron chi connectivity index (χ3n) is 5.36. The third-order valence-corrected chi connectivity index (χ3v) is 6.26. The summed E-state index contributed by atoms with van der Waals surface area (Å²) in [6.07, 6.45) is 1.61. The molecule has 0 spiro atoms. The van der Waals surface area contributed by atoms with Gasteiger partial charge >= 0.3 is 5.69 Å². The first kappa shape index (κ1) is 18.0. The molecule has 0 aliphatic carbocycles. The molecule has 27 heavy (non-hydrogen) atoms. The highest BCUT2D eigenvalue weighted by Crippen LogP contribution is 2.37. The van der Waals surface area contributed by atoms with Crippen LogP contribution in [0.3, 0.4) is 0 Å². The van der Waals surface area contributed by atoms with Crippen molar-refractivity contribution in [2.75, 3.05) is 27.2 Å². The number of fused-ring (bicyclic) bond motifs is 1. The van der Waals surface area contributed by atoms with Crippen LogP contribution in [0.4, 0.5) is 0 Å². The highest BCUT2D eigenvalue weighted by Gasteiger charge is 2.24. The summed E-state index contributed by atoms with van der Waals surface area (Å²) in [7, 11) is 3.69. The van der Waals surface area contributed by atoms with Crippen LogP contribution in [0.15, 0.2) is 33.2 Å². The lowest BCUT2D eigenvalue weighted by Crippen LogP contribution is -2.42. The van der Waals surface area contributed by atoms with Gasteiger partial charge in [0.1, 0.15) is 10.6 Å². The molecule has 0 radical (unpaired) electrons. The number of H-pyrrole nitrogens is 1. The highest BCUT2D eigenvalue weighted by atomic mass is 32.1. The number of aromatic amines is 1. The van der Waals surface area contributed by atoms with E-state index >= 15 is 0 Å². The maximum Gasteiger partial charge on any atom is 0.329 e. The van der Waals surface area contributed by atoms with Gasteiger partial charge < -0.3 is 9.64 Å². The van der Waals surface area contributed by atoms with Crippen LogP contribution in [0, 0.1) is 6.92 Å². The Hall–Kier alpha value is -2.38. The van der Waals surface area contributed by atoms with E-state index in [0.29, 0.717) is 10.2 Å². The van der Waals surface area contributed by atoms with E-state index in [9.17, 15) is 9.59 Å². The highest BCUT2D eigenvalue weighted by molar-refractivity contribution is 7.17. The first-order chi connectivity index (χ1) is 13.0. The number of hydrogen-bond donors (Lipinski definition) is 1. The van der Waals surface area contributed by atoms with Gasteiger partial charge in [-0.2, -0.15) is 0 Å². The quantitative estimate of drug-likeness (QED) is 0.753. The molecule has 1 N–H and O–H groups in total. The van der Waals surface area contributed by atoms with E-state index in [0.717, 1.165) is 48.4 Å². The molecule has 0 amide bonds. The predicted molar refractivity (Wildman–Crippen MR) is 109 cm³/mol. The van der Waals surface area contributed by atoms with Gasteiger partial charge in [-0.3, -0.25) is 14.3 Å². The van der Waals surface area contributed by atoms with Gasteiger partial charge in [0.2, 0.25) is 0 Å². The van der Waals surface area contributed by atoms with Gasteiger partial charge in [-0.25, -0.2) is 4.79 Å². The zero-order valence-corrected chi connectivity index (χ0v) is 16.6. The summed E-state index contributed by atoms with van der Waals surface area (Å²) < 4.78 is 6.94. The standard InChI is InChI=1S/C20H23N3O3S/c1-12-4-5-16(26-3)14(10-12)15-11-27-18-17(15)19(24)23(20(25)21-18)13-6-8-22(2)9-7-13/h4-5,10-11,13H,6-9H2,1-3H3,(H,21,25). The minimum atomic E-state index is -0.313.